The molecule has 7 rings (SSSR count). The second-order valence-electron chi connectivity index (χ2n) is 9.30. The molecule has 190 valence electrons. The molecule has 1 aromatic heterocycles. The normalized spacial score (nSPS) is 11.4. The highest BCUT2D eigenvalue weighted by Crippen LogP contribution is 2.38. The van der Waals surface area contributed by atoms with Crippen molar-refractivity contribution in [2.75, 3.05) is 0 Å². The molecule has 0 saturated heterocycles. The van der Waals surface area contributed by atoms with Crippen molar-refractivity contribution in [2.45, 2.75) is 4.90 Å². The van der Waals surface area contributed by atoms with Gasteiger partial charge < -0.3 is 4.98 Å². The molecule has 6 aromatic carbocycles. The van der Waals surface area contributed by atoms with Gasteiger partial charge >= 0.3 is 0 Å². The summed E-state index contributed by atoms with van der Waals surface area (Å²) in [6, 6.07) is 45.8. The number of aromatic nitrogens is 1. The van der Waals surface area contributed by atoms with Gasteiger partial charge in [-0.2, -0.15) is 8.42 Å². The Morgan fingerprint density at radius 2 is 1.08 bits per heavy atom. The highest BCUT2D eigenvalue weighted by Gasteiger charge is 2.15. The lowest BCUT2D eigenvalue weighted by Crippen LogP contribution is -1.98. The van der Waals surface area contributed by atoms with E-state index in [1.165, 1.54) is 39.4 Å². The summed E-state index contributed by atoms with van der Waals surface area (Å²) in [5.41, 5.74) is 6.09. The van der Waals surface area contributed by atoms with Crippen LogP contribution in [0.15, 0.2) is 144 Å². The third-order valence-corrected chi connectivity index (χ3v) is 7.73. The van der Waals surface area contributed by atoms with E-state index in [2.05, 4.69) is 83.8 Å². The van der Waals surface area contributed by atoms with E-state index in [0.717, 1.165) is 16.2 Å². The van der Waals surface area contributed by atoms with E-state index in [-0.39, 0.29) is 4.90 Å². The van der Waals surface area contributed by atoms with Crippen molar-refractivity contribution in [2.24, 2.45) is 0 Å². The Labute approximate surface area is 226 Å². The van der Waals surface area contributed by atoms with Gasteiger partial charge in [0, 0.05) is 21.9 Å². The molecule has 0 amide bonds. The van der Waals surface area contributed by atoms with Crippen LogP contribution < -0.4 is 0 Å². The summed E-state index contributed by atoms with van der Waals surface area (Å²) in [6.45, 7) is 0. The average molecular weight is 528 g/mol. The number of nitrogens with one attached hydrogen (secondary N) is 1. The van der Waals surface area contributed by atoms with Gasteiger partial charge in [0.2, 0.25) is 0 Å². The number of rotatable bonds is 3. The van der Waals surface area contributed by atoms with Crippen LogP contribution in [0.5, 0.6) is 0 Å². The Bertz CT molecular complexity index is 2030. The van der Waals surface area contributed by atoms with Crippen LogP contribution >= 0.6 is 0 Å². The fourth-order valence-electron chi connectivity index (χ4n) is 5.03. The molecule has 0 unspecified atom stereocenters. The molecule has 4 nitrogen and oxygen atoms in total. The van der Waals surface area contributed by atoms with Gasteiger partial charge in [0.05, 0.1) is 5.69 Å². The van der Waals surface area contributed by atoms with Crippen LogP contribution in [0.4, 0.5) is 0 Å². The monoisotopic (exact) mass is 527 g/mol. The summed E-state index contributed by atoms with van der Waals surface area (Å²) in [4.78, 5) is 3.53. The molecule has 0 aliphatic carbocycles. The van der Waals surface area contributed by atoms with E-state index < -0.39 is 10.1 Å². The Hall–Kier alpha value is -4.71. The first-order chi connectivity index (χ1) is 19.0. The molecule has 5 heteroatoms. The maximum atomic E-state index is 11.3. The summed E-state index contributed by atoms with van der Waals surface area (Å²) in [7, 11) is -4.20. The average Bonchev–Trinajstić information content (AvgIpc) is 3.36. The zero-order chi connectivity index (χ0) is 26.8. The quantitative estimate of drug-likeness (QED) is 0.178. The second-order valence-corrected chi connectivity index (χ2v) is 10.7. The van der Waals surface area contributed by atoms with Crippen molar-refractivity contribution in [3.63, 3.8) is 0 Å². The van der Waals surface area contributed by atoms with Crippen LogP contribution in [0.1, 0.15) is 0 Å². The number of H-pyrrole nitrogens is 1. The third-order valence-electron chi connectivity index (χ3n) is 6.82. The van der Waals surface area contributed by atoms with Gasteiger partial charge in [0.1, 0.15) is 4.90 Å². The number of aromatic amines is 1. The minimum Gasteiger partial charge on any atom is -0.354 e. The first kappa shape index (κ1) is 24.6. The van der Waals surface area contributed by atoms with Gasteiger partial charge in [-0.3, -0.25) is 4.55 Å². The molecule has 39 heavy (non-hydrogen) atoms. The minimum atomic E-state index is -4.20. The molecule has 0 radical (unpaired) electrons. The molecule has 0 aliphatic rings. The Kier molecular flexibility index (Phi) is 6.45. The van der Waals surface area contributed by atoms with Gasteiger partial charge in [0.15, 0.2) is 0 Å². The summed E-state index contributed by atoms with van der Waals surface area (Å²) >= 11 is 0. The summed E-state index contributed by atoms with van der Waals surface area (Å²) in [5.74, 6) is 0. The lowest BCUT2D eigenvalue weighted by atomic mass is 9.98. The van der Waals surface area contributed by atoms with Crippen molar-refractivity contribution in [3.8, 4) is 22.4 Å². The largest absolute Gasteiger partial charge is 0.354 e. The van der Waals surface area contributed by atoms with Crippen molar-refractivity contribution in [1.82, 2.24) is 4.98 Å². The van der Waals surface area contributed by atoms with E-state index in [9.17, 15) is 13.0 Å². The number of benzene rings is 6. The van der Waals surface area contributed by atoms with Crippen LogP contribution in [0.25, 0.3) is 54.8 Å². The zero-order valence-corrected chi connectivity index (χ0v) is 21.8. The van der Waals surface area contributed by atoms with Crippen molar-refractivity contribution in [1.29, 1.82) is 0 Å². The predicted molar refractivity (Wildman–Crippen MR) is 160 cm³/mol. The third kappa shape index (κ3) is 4.93. The summed E-state index contributed by atoms with van der Waals surface area (Å²) in [6.07, 6.45) is 0. The molecule has 0 atom stereocenters. The molecule has 0 bridgehead atoms. The van der Waals surface area contributed by atoms with Crippen molar-refractivity contribution in [3.05, 3.63) is 140 Å². The highest BCUT2D eigenvalue weighted by atomic mass is 32.2. The molecular weight excluding hydrogens is 502 g/mol. The van der Waals surface area contributed by atoms with E-state index >= 15 is 0 Å². The second kappa shape index (κ2) is 10.2. The fourth-order valence-corrected chi connectivity index (χ4v) is 5.74. The van der Waals surface area contributed by atoms with E-state index in [4.69, 9.17) is 0 Å². The molecular formula is C34H25NO3S. The number of fused-ring (bicyclic) bond motifs is 3. The molecule has 0 spiro atoms. The summed E-state index contributed by atoms with van der Waals surface area (Å²) in [5, 5.41) is 4.59. The van der Waals surface area contributed by atoms with Crippen LogP contribution in [0, 0.1) is 0 Å². The van der Waals surface area contributed by atoms with E-state index in [0.29, 0.717) is 5.39 Å². The van der Waals surface area contributed by atoms with Crippen molar-refractivity contribution < 1.29 is 13.0 Å². The summed E-state index contributed by atoms with van der Waals surface area (Å²) < 4.78 is 31.9. The Morgan fingerprint density at radius 3 is 1.77 bits per heavy atom. The fraction of sp³-hybridized carbons (Fsp3) is 0. The van der Waals surface area contributed by atoms with Gasteiger partial charge in [-0.25, -0.2) is 0 Å². The minimum absolute atomic E-state index is 0.0502. The van der Waals surface area contributed by atoms with E-state index in [1.807, 2.05) is 42.5 Å². The number of hydrogen-bond donors (Lipinski definition) is 2. The SMILES string of the molecule is O=S(=O)(O)c1cccc2cc3ccccc3cc12.c1ccc(-c2[nH]c3ccccc3c2-c2ccccc2)cc1. The molecule has 0 fully saturated rings. The Balaban J connectivity index is 0.000000144. The highest BCUT2D eigenvalue weighted by molar-refractivity contribution is 7.86. The predicted octanol–water partition coefficient (Wildman–Crippen LogP) is 8.74. The first-order valence-corrected chi connectivity index (χ1v) is 14.0. The lowest BCUT2D eigenvalue weighted by Gasteiger charge is -2.05. The van der Waals surface area contributed by atoms with Crippen LogP contribution in [-0.4, -0.2) is 18.0 Å². The van der Waals surface area contributed by atoms with Gasteiger partial charge in [-0.15, -0.1) is 0 Å². The topological polar surface area (TPSA) is 70.2 Å². The molecule has 0 saturated carbocycles. The molecule has 1 heterocycles. The molecule has 2 N–H and O–H groups in total. The zero-order valence-electron chi connectivity index (χ0n) is 21.0. The van der Waals surface area contributed by atoms with Gasteiger partial charge in [0.25, 0.3) is 10.1 Å². The van der Waals surface area contributed by atoms with E-state index in [1.54, 1.807) is 12.1 Å². The molecule has 7 aromatic rings. The molecule has 0 aliphatic heterocycles. The maximum Gasteiger partial charge on any atom is 0.295 e. The Morgan fingerprint density at radius 1 is 0.513 bits per heavy atom. The maximum absolute atomic E-state index is 11.3. The van der Waals surface area contributed by atoms with Gasteiger partial charge in [-0.1, -0.05) is 115 Å². The standard InChI is InChI=1S/C20H15N.C14H10O3S/c1-3-9-15(10-4-1)19-17-13-7-8-14-18(17)21-20(19)16-11-5-2-6-12-16;15-18(16,17)14-7-3-6-12-8-10-4-1-2-5-11(10)9-13(12)14/h1-14,21H;1-9H,(H,15,16,17). The first-order valence-electron chi connectivity index (χ1n) is 12.6. The van der Waals surface area contributed by atoms with Crippen LogP contribution in [-0.2, 0) is 10.1 Å². The number of hydrogen-bond acceptors (Lipinski definition) is 2. The lowest BCUT2D eigenvalue weighted by molar-refractivity contribution is 0.484. The van der Waals surface area contributed by atoms with Crippen LogP contribution in [0.2, 0.25) is 0 Å². The smallest absolute Gasteiger partial charge is 0.295 e. The van der Waals surface area contributed by atoms with Crippen molar-refractivity contribution >= 4 is 42.6 Å². The van der Waals surface area contributed by atoms with Gasteiger partial charge in [-0.05, 0) is 51.6 Å². The number of para-hydroxylation sites is 1. The van der Waals surface area contributed by atoms with Crippen LogP contribution in [0.3, 0.4) is 0 Å².